The van der Waals surface area contributed by atoms with Crippen LogP contribution >= 0.6 is 0 Å². The van der Waals surface area contributed by atoms with E-state index >= 15 is 0 Å². The molecule has 7 heteroatoms. The average molecular weight is 440 g/mol. The molecule has 4 rings (SSSR count). The number of likely N-dealkylation sites (tertiary alicyclic amines) is 1. The van der Waals surface area contributed by atoms with E-state index < -0.39 is 0 Å². The summed E-state index contributed by atoms with van der Waals surface area (Å²) in [4.78, 5) is 15.4. The van der Waals surface area contributed by atoms with Gasteiger partial charge in [-0.25, -0.2) is 0 Å². The zero-order valence-corrected chi connectivity index (χ0v) is 18.9. The lowest BCUT2D eigenvalue weighted by molar-refractivity contribution is 0.101. The zero-order chi connectivity index (χ0) is 22.8. The summed E-state index contributed by atoms with van der Waals surface area (Å²) >= 11 is 0. The fourth-order valence-electron chi connectivity index (χ4n) is 4.38. The number of phenols is 1. The second kappa shape index (κ2) is 9.12. The van der Waals surface area contributed by atoms with Crippen molar-refractivity contribution >= 4 is 11.9 Å². The Balaban J connectivity index is 1.68. The van der Waals surface area contributed by atoms with Crippen LogP contribution in [0.1, 0.15) is 47.7 Å². The second-order valence-electron chi connectivity index (χ2n) is 8.15. The molecule has 2 aliphatic rings. The molecule has 7 nitrogen and oxygen atoms in total. The van der Waals surface area contributed by atoms with Gasteiger partial charge in [0, 0.05) is 12.6 Å². The van der Waals surface area contributed by atoms with Crippen LogP contribution in [0, 0.1) is 0 Å². The summed E-state index contributed by atoms with van der Waals surface area (Å²) in [6.45, 7) is 3.70. The molecule has 1 fully saturated rings. The van der Waals surface area contributed by atoms with E-state index in [9.17, 15) is 9.90 Å². The first-order valence-electron chi connectivity index (χ1n) is 10.8. The molecule has 0 spiro atoms. The second-order valence-corrected chi connectivity index (χ2v) is 8.15. The van der Waals surface area contributed by atoms with Crippen LogP contribution in [0.3, 0.4) is 0 Å². The molecule has 0 unspecified atom stereocenters. The number of ketones is 1. The van der Waals surface area contributed by atoms with E-state index in [2.05, 4.69) is 11.8 Å². The highest BCUT2D eigenvalue weighted by molar-refractivity contribution is 6.15. The van der Waals surface area contributed by atoms with Gasteiger partial charge in [0.2, 0.25) is 11.5 Å². The van der Waals surface area contributed by atoms with Crippen molar-refractivity contribution < 1.29 is 28.8 Å². The molecule has 2 aromatic carbocycles. The molecule has 0 radical (unpaired) electrons. The molecule has 32 heavy (non-hydrogen) atoms. The van der Waals surface area contributed by atoms with Crippen LogP contribution < -0.4 is 18.9 Å². The highest BCUT2D eigenvalue weighted by Crippen LogP contribution is 2.42. The lowest BCUT2D eigenvalue weighted by Gasteiger charge is -2.33. The van der Waals surface area contributed by atoms with Gasteiger partial charge in [0.25, 0.3) is 0 Å². The first-order chi connectivity index (χ1) is 15.5. The Morgan fingerprint density at radius 1 is 1.12 bits per heavy atom. The number of benzene rings is 2. The average Bonchev–Trinajstić information content (AvgIpc) is 3.11. The van der Waals surface area contributed by atoms with Gasteiger partial charge in [0.15, 0.2) is 17.3 Å². The highest BCUT2D eigenvalue weighted by atomic mass is 16.5. The molecule has 0 aliphatic carbocycles. The number of fused-ring (bicyclic) bond motifs is 1. The minimum absolute atomic E-state index is 0.142. The Morgan fingerprint density at radius 2 is 1.84 bits per heavy atom. The molecule has 1 saturated heterocycles. The topological polar surface area (TPSA) is 77.5 Å². The van der Waals surface area contributed by atoms with E-state index in [0.717, 1.165) is 19.4 Å². The standard InChI is InChI=1S/C25H29NO6/c1-15-7-5-6-10-26(15)14-18-19(27)9-8-17-23(28)20(32-24(17)18)11-16-12-21(29-2)25(31-4)22(13-16)30-3/h8-9,11-13,15,27H,5-7,10,14H2,1-4H3/t15-/m0/s1. The summed E-state index contributed by atoms with van der Waals surface area (Å²) in [5, 5.41) is 10.6. The SMILES string of the molecule is COc1cc(C=C2Oc3c(ccc(O)c3CN3CCCC[C@@H]3C)C2=O)cc(OC)c1OC. The predicted octanol–water partition coefficient (Wildman–Crippen LogP) is 4.41. The van der Waals surface area contributed by atoms with Gasteiger partial charge in [0.1, 0.15) is 11.5 Å². The molecule has 1 N–H and O–H groups in total. The molecular weight excluding hydrogens is 410 g/mol. The van der Waals surface area contributed by atoms with E-state index in [1.165, 1.54) is 27.8 Å². The molecule has 0 aromatic heterocycles. The van der Waals surface area contributed by atoms with Crippen LogP contribution in [0.2, 0.25) is 0 Å². The summed E-state index contributed by atoms with van der Waals surface area (Å²) < 4.78 is 22.2. The van der Waals surface area contributed by atoms with Crippen molar-refractivity contribution in [2.45, 2.75) is 38.8 Å². The number of methoxy groups -OCH3 is 3. The van der Waals surface area contributed by atoms with Crippen molar-refractivity contribution in [1.29, 1.82) is 0 Å². The summed E-state index contributed by atoms with van der Waals surface area (Å²) in [5.41, 5.74) is 1.78. The summed E-state index contributed by atoms with van der Waals surface area (Å²) in [5.74, 6) is 1.99. The Kier molecular flexibility index (Phi) is 6.28. The normalized spacial score (nSPS) is 19.6. The lowest BCUT2D eigenvalue weighted by atomic mass is 10.0. The molecular formula is C25H29NO6. The number of carbonyl (C=O) groups is 1. The van der Waals surface area contributed by atoms with Gasteiger partial charge >= 0.3 is 0 Å². The maximum absolute atomic E-state index is 13.1. The van der Waals surface area contributed by atoms with Crippen LogP contribution in [0.5, 0.6) is 28.7 Å². The minimum atomic E-state index is -0.221. The number of ether oxygens (including phenoxy) is 4. The number of nitrogens with zero attached hydrogens (tertiary/aromatic N) is 1. The number of piperidine rings is 1. The number of Topliss-reactive ketones (excluding diaryl/α,β-unsaturated/α-hetero) is 1. The molecule has 0 bridgehead atoms. The number of aromatic hydroxyl groups is 1. The van der Waals surface area contributed by atoms with Crippen LogP contribution in [0.25, 0.3) is 6.08 Å². The number of carbonyl (C=O) groups excluding carboxylic acids is 1. The number of hydrogen-bond donors (Lipinski definition) is 1. The van der Waals surface area contributed by atoms with Gasteiger partial charge in [-0.1, -0.05) is 6.42 Å². The Hall–Kier alpha value is -3.19. The van der Waals surface area contributed by atoms with E-state index in [4.69, 9.17) is 18.9 Å². The van der Waals surface area contributed by atoms with Crippen molar-refractivity contribution in [2.24, 2.45) is 0 Å². The van der Waals surface area contributed by atoms with Gasteiger partial charge in [-0.3, -0.25) is 9.69 Å². The van der Waals surface area contributed by atoms with Crippen molar-refractivity contribution in [1.82, 2.24) is 4.90 Å². The van der Waals surface area contributed by atoms with Gasteiger partial charge in [-0.05, 0) is 62.2 Å². The van der Waals surface area contributed by atoms with Crippen molar-refractivity contribution in [3.8, 4) is 28.7 Å². The summed E-state index contributed by atoms with van der Waals surface area (Å²) in [6.07, 6.45) is 5.12. The summed E-state index contributed by atoms with van der Waals surface area (Å²) in [6, 6.07) is 7.12. The third-order valence-corrected chi connectivity index (χ3v) is 6.20. The molecule has 2 aliphatic heterocycles. The van der Waals surface area contributed by atoms with Gasteiger partial charge in [-0.2, -0.15) is 0 Å². The van der Waals surface area contributed by atoms with Crippen LogP contribution in [0.4, 0.5) is 0 Å². The number of hydrogen-bond acceptors (Lipinski definition) is 7. The predicted molar refractivity (Wildman–Crippen MR) is 121 cm³/mol. The van der Waals surface area contributed by atoms with Gasteiger partial charge in [-0.15, -0.1) is 0 Å². The quantitative estimate of drug-likeness (QED) is 0.668. The number of allylic oxidation sites excluding steroid dienone is 1. The fraction of sp³-hybridized carbons (Fsp3) is 0.400. The maximum atomic E-state index is 13.1. The molecule has 170 valence electrons. The monoisotopic (exact) mass is 439 g/mol. The number of rotatable bonds is 6. The van der Waals surface area contributed by atoms with Crippen molar-refractivity contribution in [2.75, 3.05) is 27.9 Å². The molecule has 2 heterocycles. The Morgan fingerprint density at radius 3 is 2.47 bits per heavy atom. The molecule has 2 aromatic rings. The zero-order valence-electron chi connectivity index (χ0n) is 18.9. The van der Waals surface area contributed by atoms with Gasteiger partial charge in [0.05, 0.1) is 32.5 Å². The molecule has 0 saturated carbocycles. The summed E-state index contributed by atoms with van der Waals surface area (Å²) in [7, 11) is 4.62. The Bertz CT molecular complexity index is 1040. The fourth-order valence-corrected chi connectivity index (χ4v) is 4.38. The van der Waals surface area contributed by atoms with Crippen molar-refractivity contribution in [3.05, 3.63) is 46.7 Å². The molecule has 1 atom stereocenters. The Labute approximate surface area is 188 Å². The van der Waals surface area contributed by atoms with E-state index in [-0.39, 0.29) is 17.3 Å². The van der Waals surface area contributed by atoms with E-state index in [1.54, 1.807) is 30.3 Å². The van der Waals surface area contributed by atoms with Crippen LogP contribution in [-0.2, 0) is 6.54 Å². The maximum Gasteiger partial charge on any atom is 0.231 e. The first kappa shape index (κ1) is 22.0. The minimum Gasteiger partial charge on any atom is -0.507 e. The van der Waals surface area contributed by atoms with Crippen LogP contribution in [-0.4, -0.2) is 49.7 Å². The first-order valence-corrected chi connectivity index (χ1v) is 10.8. The number of phenolic OH excluding ortho intramolecular Hbond substituents is 1. The highest BCUT2D eigenvalue weighted by Gasteiger charge is 2.32. The third kappa shape index (κ3) is 4.00. The van der Waals surface area contributed by atoms with E-state index in [1.807, 2.05) is 0 Å². The van der Waals surface area contributed by atoms with Crippen molar-refractivity contribution in [3.63, 3.8) is 0 Å². The van der Waals surface area contributed by atoms with Crippen LogP contribution in [0.15, 0.2) is 30.0 Å². The smallest absolute Gasteiger partial charge is 0.231 e. The van der Waals surface area contributed by atoms with Gasteiger partial charge < -0.3 is 24.1 Å². The van der Waals surface area contributed by atoms with E-state index in [0.29, 0.717) is 52.3 Å². The molecule has 0 amide bonds. The lowest BCUT2D eigenvalue weighted by Crippen LogP contribution is -2.36. The largest absolute Gasteiger partial charge is 0.507 e. The third-order valence-electron chi connectivity index (χ3n) is 6.20.